The van der Waals surface area contributed by atoms with E-state index >= 15 is 0 Å². The second-order valence-electron chi connectivity index (χ2n) is 5.24. The van der Waals surface area contributed by atoms with Crippen LogP contribution in [-0.2, 0) is 9.47 Å². The number of carbonyl (C=O) groups excluding carboxylic acids is 2. The number of anilines is 1. The molecule has 144 valence electrons. The van der Waals surface area contributed by atoms with Crippen molar-refractivity contribution in [1.82, 2.24) is 5.32 Å². The molecule has 2 aliphatic rings. The maximum absolute atomic E-state index is 11.1. The van der Waals surface area contributed by atoms with E-state index in [0.717, 1.165) is 10.7 Å². The van der Waals surface area contributed by atoms with Crippen molar-refractivity contribution in [2.24, 2.45) is 0 Å². The van der Waals surface area contributed by atoms with E-state index in [4.69, 9.17) is 27.9 Å². The van der Waals surface area contributed by atoms with Gasteiger partial charge in [-0.05, 0) is 71.1 Å². The summed E-state index contributed by atoms with van der Waals surface area (Å²) in [6.07, 6.45) is -0.586. The van der Waals surface area contributed by atoms with Crippen molar-refractivity contribution >= 4 is 63.7 Å². The lowest BCUT2D eigenvalue weighted by molar-refractivity contribution is 0.178. The first-order valence-electron chi connectivity index (χ1n) is 7.97. The Bertz CT molecular complexity index is 728. The fourth-order valence-corrected chi connectivity index (χ4v) is 2.64. The van der Waals surface area contributed by atoms with Gasteiger partial charge < -0.3 is 14.8 Å². The van der Waals surface area contributed by atoms with Crippen molar-refractivity contribution in [2.75, 3.05) is 31.2 Å². The van der Waals surface area contributed by atoms with Crippen molar-refractivity contribution in [3.63, 3.8) is 0 Å². The third-order valence-electron chi connectivity index (χ3n) is 3.31. The van der Waals surface area contributed by atoms with E-state index in [-0.39, 0.29) is 12.2 Å². The molecule has 0 aliphatic carbocycles. The summed E-state index contributed by atoms with van der Waals surface area (Å²) in [5.41, 5.74) is 0.826. The average molecular weight is 523 g/mol. The van der Waals surface area contributed by atoms with Gasteiger partial charge >= 0.3 is 12.2 Å². The number of cyclic esters (lactones) is 2. The normalized spacial score (nSPS) is 14.9. The standard InChI is InChI=1S/C9H8ClNO2.C6H4ClI.C3H5NO2/c10-7-1-3-8(4-2-7)11-5-6-13-9(11)12;7-5-1-3-6(8)4-2-5;5-3-4-1-2-6-3/h1-4H,5-6H2;1-4H;1-2H2,(H,4,5). The highest BCUT2D eigenvalue weighted by Gasteiger charge is 2.22. The molecule has 2 saturated heterocycles. The predicted molar refractivity (Wildman–Crippen MR) is 114 cm³/mol. The molecule has 1 N–H and O–H groups in total. The van der Waals surface area contributed by atoms with E-state index in [1.54, 1.807) is 29.2 Å². The van der Waals surface area contributed by atoms with E-state index in [1.165, 1.54) is 3.57 Å². The zero-order valence-corrected chi connectivity index (χ0v) is 17.8. The number of halogens is 3. The van der Waals surface area contributed by atoms with Gasteiger partial charge in [0.25, 0.3) is 0 Å². The van der Waals surface area contributed by atoms with Crippen molar-refractivity contribution in [2.45, 2.75) is 0 Å². The van der Waals surface area contributed by atoms with Crippen LogP contribution in [0.4, 0.5) is 15.3 Å². The summed E-state index contributed by atoms with van der Waals surface area (Å²) in [4.78, 5) is 22.6. The predicted octanol–water partition coefficient (Wildman–Crippen LogP) is 4.97. The van der Waals surface area contributed by atoms with Crippen LogP contribution < -0.4 is 10.2 Å². The highest BCUT2D eigenvalue weighted by molar-refractivity contribution is 14.1. The third-order valence-corrected chi connectivity index (χ3v) is 4.53. The molecule has 9 heteroatoms. The van der Waals surface area contributed by atoms with E-state index in [2.05, 4.69) is 32.6 Å². The zero-order chi connectivity index (χ0) is 19.6. The molecule has 6 nitrogen and oxygen atoms in total. The number of nitrogens with one attached hydrogen (secondary N) is 1. The second kappa shape index (κ2) is 11.2. The Hall–Kier alpha value is -1.71. The Labute approximate surface area is 180 Å². The van der Waals surface area contributed by atoms with Crippen molar-refractivity contribution < 1.29 is 19.1 Å². The molecule has 0 atom stereocenters. The summed E-state index contributed by atoms with van der Waals surface area (Å²) in [5, 5.41) is 3.92. The minimum absolute atomic E-state index is 0.290. The fraction of sp³-hybridized carbons (Fsp3) is 0.222. The molecule has 2 amide bonds. The number of ether oxygens (including phenoxy) is 2. The summed E-state index contributed by atoms with van der Waals surface area (Å²) in [6.45, 7) is 2.26. The Kier molecular flexibility index (Phi) is 8.96. The van der Waals surface area contributed by atoms with Gasteiger partial charge in [-0.3, -0.25) is 4.90 Å². The van der Waals surface area contributed by atoms with Gasteiger partial charge in [0, 0.05) is 19.3 Å². The van der Waals surface area contributed by atoms with Gasteiger partial charge in [0.05, 0.1) is 13.1 Å². The van der Waals surface area contributed by atoms with Crippen LogP contribution >= 0.6 is 45.8 Å². The summed E-state index contributed by atoms with van der Waals surface area (Å²) in [7, 11) is 0. The van der Waals surface area contributed by atoms with Gasteiger partial charge in [0.15, 0.2) is 0 Å². The zero-order valence-electron chi connectivity index (χ0n) is 14.2. The average Bonchev–Trinajstić information content (AvgIpc) is 3.30. The minimum Gasteiger partial charge on any atom is -0.448 e. The molecule has 2 aromatic rings. The smallest absolute Gasteiger partial charge is 0.414 e. The molecule has 2 aliphatic heterocycles. The van der Waals surface area contributed by atoms with Crippen LogP contribution in [0.25, 0.3) is 0 Å². The molecule has 0 aromatic heterocycles. The number of benzene rings is 2. The quantitative estimate of drug-likeness (QED) is 0.537. The number of amides is 2. The van der Waals surface area contributed by atoms with Crippen LogP contribution in [0.15, 0.2) is 48.5 Å². The molecule has 2 heterocycles. The highest BCUT2D eigenvalue weighted by atomic mass is 127. The number of nitrogens with zero attached hydrogens (tertiary/aromatic N) is 1. The summed E-state index contributed by atoms with van der Waals surface area (Å²) in [6, 6.07) is 14.8. The van der Waals surface area contributed by atoms with E-state index in [9.17, 15) is 9.59 Å². The van der Waals surface area contributed by atoms with Gasteiger partial charge in [-0.2, -0.15) is 0 Å². The molecular weight excluding hydrogens is 506 g/mol. The Morgan fingerprint density at radius 1 is 0.889 bits per heavy atom. The molecule has 2 fully saturated rings. The van der Waals surface area contributed by atoms with Crippen LogP contribution in [0.3, 0.4) is 0 Å². The first kappa shape index (κ1) is 21.6. The number of rotatable bonds is 1. The summed E-state index contributed by atoms with van der Waals surface area (Å²) in [5.74, 6) is 0. The molecule has 4 rings (SSSR count). The van der Waals surface area contributed by atoms with Gasteiger partial charge in [0.2, 0.25) is 0 Å². The van der Waals surface area contributed by atoms with E-state index in [0.29, 0.717) is 31.3 Å². The third kappa shape index (κ3) is 7.82. The SMILES string of the molecule is Clc1ccc(I)cc1.O=C1NCCO1.O=C1OCCN1c1ccc(Cl)cc1. The first-order valence-corrected chi connectivity index (χ1v) is 9.81. The largest absolute Gasteiger partial charge is 0.448 e. The number of alkyl carbamates (subject to hydrolysis) is 1. The molecule has 27 heavy (non-hydrogen) atoms. The number of hydrogen-bond donors (Lipinski definition) is 1. The van der Waals surface area contributed by atoms with Gasteiger partial charge in [-0.25, -0.2) is 9.59 Å². The topological polar surface area (TPSA) is 67.9 Å². The van der Waals surface area contributed by atoms with E-state index < -0.39 is 0 Å². The first-order chi connectivity index (χ1) is 13.0. The Morgan fingerprint density at radius 2 is 1.48 bits per heavy atom. The fourth-order valence-electron chi connectivity index (χ4n) is 2.03. The van der Waals surface area contributed by atoms with Crippen molar-refractivity contribution in [3.05, 3.63) is 62.1 Å². The Balaban J connectivity index is 0.000000159. The maximum Gasteiger partial charge on any atom is 0.414 e. The lowest BCUT2D eigenvalue weighted by atomic mass is 10.3. The van der Waals surface area contributed by atoms with Crippen LogP contribution in [0, 0.1) is 3.57 Å². The van der Waals surface area contributed by atoms with Crippen molar-refractivity contribution in [1.29, 1.82) is 0 Å². The van der Waals surface area contributed by atoms with Gasteiger partial charge in [-0.15, -0.1) is 0 Å². The highest BCUT2D eigenvalue weighted by Crippen LogP contribution is 2.20. The van der Waals surface area contributed by atoms with Crippen LogP contribution in [0.2, 0.25) is 10.0 Å². The minimum atomic E-state index is -0.296. The molecule has 2 aromatic carbocycles. The summed E-state index contributed by atoms with van der Waals surface area (Å²) >= 11 is 13.6. The molecule has 0 spiro atoms. The maximum atomic E-state index is 11.1. The molecular formula is C18H17Cl2IN2O4. The molecule has 0 radical (unpaired) electrons. The number of carbonyl (C=O) groups is 2. The van der Waals surface area contributed by atoms with Crippen LogP contribution in [-0.4, -0.2) is 38.5 Å². The van der Waals surface area contributed by atoms with E-state index in [1.807, 2.05) is 24.3 Å². The van der Waals surface area contributed by atoms with Crippen LogP contribution in [0.1, 0.15) is 0 Å². The lowest BCUT2D eigenvalue weighted by Crippen LogP contribution is -2.22. The molecule has 0 bridgehead atoms. The lowest BCUT2D eigenvalue weighted by Gasteiger charge is -2.11. The molecule has 0 saturated carbocycles. The second-order valence-corrected chi connectivity index (χ2v) is 7.36. The molecule has 0 unspecified atom stereocenters. The summed E-state index contributed by atoms with van der Waals surface area (Å²) < 4.78 is 10.4. The van der Waals surface area contributed by atoms with Crippen molar-refractivity contribution in [3.8, 4) is 0 Å². The van der Waals surface area contributed by atoms with Gasteiger partial charge in [-0.1, -0.05) is 23.2 Å². The van der Waals surface area contributed by atoms with Gasteiger partial charge in [0.1, 0.15) is 13.2 Å². The monoisotopic (exact) mass is 522 g/mol. The number of hydrogen-bond acceptors (Lipinski definition) is 4. The Morgan fingerprint density at radius 3 is 1.85 bits per heavy atom. The van der Waals surface area contributed by atoms with Crippen LogP contribution in [0.5, 0.6) is 0 Å².